The minimum Gasteiger partial charge on any atom is -0.459 e. The topological polar surface area (TPSA) is 62.5 Å². The van der Waals surface area contributed by atoms with E-state index in [0.717, 1.165) is 11.1 Å². The second-order valence-electron chi connectivity index (χ2n) is 4.06. The highest BCUT2D eigenvalue weighted by Crippen LogP contribution is 2.14. The van der Waals surface area contributed by atoms with E-state index in [1.54, 1.807) is 18.2 Å². The Balaban J connectivity index is 2.05. The molecule has 4 heteroatoms. The van der Waals surface area contributed by atoms with Crippen molar-refractivity contribution in [1.82, 2.24) is 0 Å². The van der Waals surface area contributed by atoms with Crippen LogP contribution in [0, 0.1) is 6.92 Å². The summed E-state index contributed by atoms with van der Waals surface area (Å²) in [5.41, 5.74) is 2.55. The lowest BCUT2D eigenvalue weighted by atomic mass is 10.1. The van der Waals surface area contributed by atoms with E-state index >= 15 is 0 Å². The van der Waals surface area contributed by atoms with Crippen molar-refractivity contribution >= 4 is 11.6 Å². The Morgan fingerprint density at radius 1 is 1.28 bits per heavy atom. The van der Waals surface area contributed by atoms with E-state index in [1.165, 1.54) is 6.26 Å². The summed E-state index contributed by atoms with van der Waals surface area (Å²) in [6.07, 6.45) is 2.11. The molecule has 0 aliphatic carbocycles. The molecule has 0 atom stereocenters. The van der Waals surface area contributed by atoms with Crippen LogP contribution in [-0.4, -0.2) is 17.6 Å². The number of hydrogen-bond donors (Lipinski definition) is 2. The zero-order valence-corrected chi connectivity index (χ0v) is 10.1. The molecule has 0 aliphatic heterocycles. The molecule has 1 heterocycles. The molecule has 1 amide bonds. The van der Waals surface area contributed by atoms with E-state index in [2.05, 4.69) is 5.32 Å². The first-order chi connectivity index (χ1) is 8.70. The third-order valence-electron chi connectivity index (χ3n) is 2.68. The molecular formula is C14H15NO3. The van der Waals surface area contributed by atoms with Gasteiger partial charge in [0.15, 0.2) is 5.76 Å². The molecule has 2 aromatic rings. The Bertz CT molecular complexity index is 528. The lowest BCUT2D eigenvalue weighted by molar-refractivity contribution is 0.0996. The van der Waals surface area contributed by atoms with Crippen LogP contribution in [0.4, 0.5) is 5.69 Å². The van der Waals surface area contributed by atoms with Crippen molar-refractivity contribution in [1.29, 1.82) is 0 Å². The van der Waals surface area contributed by atoms with Gasteiger partial charge in [-0.05, 0) is 37.1 Å². The molecule has 0 unspecified atom stereocenters. The Morgan fingerprint density at radius 3 is 2.56 bits per heavy atom. The van der Waals surface area contributed by atoms with E-state index in [0.29, 0.717) is 17.9 Å². The lowest BCUT2D eigenvalue weighted by Crippen LogP contribution is -2.12. The smallest absolute Gasteiger partial charge is 0.291 e. The first kappa shape index (κ1) is 12.4. The van der Waals surface area contributed by atoms with Gasteiger partial charge in [0, 0.05) is 17.9 Å². The van der Waals surface area contributed by atoms with Crippen molar-refractivity contribution in [2.75, 3.05) is 11.9 Å². The van der Waals surface area contributed by atoms with Crippen LogP contribution in [0.25, 0.3) is 0 Å². The van der Waals surface area contributed by atoms with Crippen LogP contribution in [0.15, 0.2) is 41.0 Å². The van der Waals surface area contributed by atoms with Crippen molar-refractivity contribution in [3.05, 3.63) is 53.5 Å². The van der Waals surface area contributed by atoms with Gasteiger partial charge in [0.05, 0.1) is 6.26 Å². The van der Waals surface area contributed by atoms with Gasteiger partial charge in [-0.3, -0.25) is 4.79 Å². The Kier molecular flexibility index (Phi) is 3.79. The van der Waals surface area contributed by atoms with E-state index < -0.39 is 0 Å². The number of aryl methyl sites for hydroxylation is 1. The molecule has 1 aromatic carbocycles. The van der Waals surface area contributed by atoms with Crippen LogP contribution < -0.4 is 5.32 Å². The molecule has 0 bridgehead atoms. The van der Waals surface area contributed by atoms with Crippen LogP contribution in [0.5, 0.6) is 0 Å². The third kappa shape index (κ3) is 2.78. The maximum absolute atomic E-state index is 11.9. The zero-order chi connectivity index (χ0) is 13.0. The van der Waals surface area contributed by atoms with Gasteiger partial charge in [-0.1, -0.05) is 12.1 Å². The molecule has 4 nitrogen and oxygen atoms in total. The van der Waals surface area contributed by atoms with E-state index in [4.69, 9.17) is 9.52 Å². The van der Waals surface area contributed by atoms with Crippen LogP contribution in [0.1, 0.15) is 21.7 Å². The lowest BCUT2D eigenvalue weighted by Gasteiger charge is -2.05. The van der Waals surface area contributed by atoms with Gasteiger partial charge < -0.3 is 14.8 Å². The van der Waals surface area contributed by atoms with Crippen molar-refractivity contribution in [3.63, 3.8) is 0 Å². The van der Waals surface area contributed by atoms with Crippen molar-refractivity contribution < 1.29 is 14.3 Å². The summed E-state index contributed by atoms with van der Waals surface area (Å²) in [5.74, 6) is 0.0712. The fourth-order valence-corrected chi connectivity index (χ4v) is 1.68. The number of amides is 1. The number of anilines is 1. The second-order valence-corrected chi connectivity index (χ2v) is 4.06. The van der Waals surface area contributed by atoms with E-state index in [1.807, 2.05) is 19.1 Å². The molecule has 0 saturated carbocycles. The second kappa shape index (κ2) is 5.51. The van der Waals surface area contributed by atoms with Gasteiger partial charge in [-0.2, -0.15) is 0 Å². The Morgan fingerprint density at radius 2 is 2.00 bits per heavy atom. The average molecular weight is 245 g/mol. The standard InChI is InChI=1S/C14H15NO3/c1-10-7-9-18-13(10)14(17)15-12-4-2-11(3-5-12)6-8-16/h2-5,7,9,16H,6,8H2,1H3,(H,15,17). The number of aliphatic hydroxyl groups is 1. The highest BCUT2D eigenvalue weighted by atomic mass is 16.3. The summed E-state index contributed by atoms with van der Waals surface area (Å²) >= 11 is 0. The number of furan rings is 1. The summed E-state index contributed by atoms with van der Waals surface area (Å²) in [6, 6.07) is 9.11. The molecule has 94 valence electrons. The largest absolute Gasteiger partial charge is 0.459 e. The maximum Gasteiger partial charge on any atom is 0.291 e. The summed E-state index contributed by atoms with van der Waals surface area (Å²) in [4.78, 5) is 11.9. The fourth-order valence-electron chi connectivity index (χ4n) is 1.68. The Labute approximate surface area is 105 Å². The number of aliphatic hydroxyl groups excluding tert-OH is 1. The third-order valence-corrected chi connectivity index (χ3v) is 2.68. The number of hydrogen-bond acceptors (Lipinski definition) is 3. The van der Waals surface area contributed by atoms with Crippen molar-refractivity contribution in [3.8, 4) is 0 Å². The molecule has 1 aromatic heterocycles. The van der Waals surface area contributed by atoms with Gasteiger partial charge in [0.25, 0.3) is 5.91 Å². The summed E-state index contributed by atoms with van der Waals surface area (Å²) in [5, 5.41) is 11.6. The fraction of sp³-hybridized carbons (Fsp3) is 0.214. The number of nitrogens with one attached hydrogen (secondary N) is 1. The predicted molar refractivity (Wildman–Crippen MR) is 68.6 cm³/mol. The van der Waals surface area contributed by atoms with Gasteiger partial charge >= 0.3 is 0 Å². The van der Waals surface area contributed by atoms with Gasteiger partial charge in [-0.25, -0.2) is 0 Å². The monoisotopic (exact) mass is 245 g/mol. The number of rotatable bonds is 4. The van der Waals surface area contributed by atoms with E-state index in [9.17, 15) is 4.79 Å². The average Bonchev–Trinajstić information content (AvgIpc) is 2.78. The molecule has 18 heavy (non-hydrogen) atoms. The van der Waals surface area contributed by atoms with Crippen LogP contribution in [0.3, 0.4) is 0 Å². The van der Waals surface area contributed by atoms with Gasteiger partial charge in [0.1, 0.15) is 0 Å². The quantitative estimate of drug-likeness (QED) is 0.869. The first-order valence-electron chi connectivity index (χ1n) is 5.76. The van der Waals surface area contributed by atoms with Crippen LogP contribution >= 0.6 is 0 Å². The molecule has 0 spiro atoms. The van der Waals surface area contributed by atoms with Gasteiger partial charge in [-0.15, -0.1) is 0 Å². The summed E-state index contributed by atoms with van der Waals surface area (Å²) in [6.45, 7) is 1.94. The molecule has 0 aliphatic rings. The molecule has 2 rings (SSSR count). The zero-order valence-electron chi connectivity index (χ0n) is 10.1. The van der Waals surface area contributed by atoms with Crippen molar-refractivity contribution in [2.24, 2.45) is 0 Å². The molecule has 0 radical (unpaired) electrons. The minimum atomic E-state index is -0.257. The SMILES string of the molecule is Cc1ccoc1C(=O)Nc1ccc(CCO)cc1. The number of carbonyl (C=O) groups excluding carboxylic acids is 1. The maximum atomic E-state index is 11.9. The highest BCUT2D eigenvalue weighted by molar-refractivity contribution is 6.03. The normalized spacial score (nSPS) is 10.3. The predicted octanol–water partition coefficient (Wildman–Crippen LogP) is 2.38. The van der Waals surface area contributed by atoms with Crippen LogP contribution in [0.2, 0.25) is 0 Å². The number of benzene rings is 1. The van der Waals surface area contributed by atoms with Crippen LogP contribution in [-0.2, 0) is 6.42 Å². The van der Waals surface area contributed by atoms with Gasteiger partial charge in [0.2, 0.25) is 0 Å². The molecule has 0 fully saturated rings. The number of carbonyl (C=O) groups is 1. The molecule has 2 N–H and O–H groups in total. The first-order valence-corrected chi connectivity index (χ1v) is 5.76. The van der Waals surface area contributed by atoms with E-state index in [-0.39, 0.29) is 12.5 Å². The minimum absolute atomic E-state index is 0.122. The Hall–Kier alpha value is -2.07. The van der Waals surface area contributed by atoms with Crippen molar-refractivity contribution in [2.45, 2.75) is 13.3 Å². The highest BCUT2D eigenvalue weighted by Gasteiger charge is 2.12. The molecular weight excluding hydrogens is 230 g/mol. The molecule has 0 saturated heterocycles. The summed E-state index contributed by atoms with van der Waals surface area (Å²) < 4.78 is 5.12. The summed E-state index contributed by atoms with van der Waals surface area (Å²) in [7, 11) is 0.